The molecule has 2 aromatic carbocycles. The van der Waals surface area contributed by atoms with Gasteiger partial charge in [-0.1, -0.05) is 0 Å². The van der Waals surface area contributed by atoms with Crippen LogP contribution < -0.4 is 19.5 Å². The second kappa shape index (κ2) is 9.64. The van der Waals surface area contributed by atoms with Crippen molar-refractivity contribution in [2.75, 3.05) is 39.7 Å². The van der Waals surface area contributed by atoms with E-state index in [0.29, 0.717) is 47.2 Å². The molecule has 0 radical (unpaired) electrons. The molecule has 2 aromatic rings. The molecule has 1 N–H and O–H groups in total. The maximum atomic E-state index is 12.7. The maximum absolute atomic E-state index is 12.7. The summed E-state index contributed by atoms with van der Waals surface area (Å²) in [7, 11) is 4.49. The van der Waals surface area contributed by atoms with Crippen LogP contribution in [0.15, 0.2) is 36.4 Å². The lowest BCUT2D eigenvalue weighted by molar-refractivity contribution is 0.0773. The van der Waals surface area contributed by atoms with Gasteiger partial charge in [0, 0.05) is 36.5 Å². The van der Waals surface area contributed by atoms with Crippen molar-refractivity contribution in [2.45, 2.75) is 13.8 Å². The SMILES string of the molecule is CCN(CC)C(=O)c1ccc(NC(=O)c2cc(OC)c(OC)cc2OC)cc1. The van der Waals surface area contributed by atoms with Gasteiger partial charge in [0.15, 0.2) is 11.5 Å². The molecule has 0 aliphatic rings. The van der Waals surface area contributed by atoms with Gasteiger partial charge in [-0.15, -0.1) is 0 Å². The second-order valence-electron chi connectivity index (χ2n) is 5.92. The fraction of sp³-hybridized carbons (Fsp3) is 0.333. The summed E-state index contributed by atoms with van der Waals surface area (Å²) in [6.07, 6.45) is 0. The number of anilines is 1. The van der Waals surface area contributed by atoms with Crippen LogP contribution in [0.25, 0.3) is 0 Å². The molecule has 2 amide bonds. The Labute approximate surface area is 165 Å². The quantitative estimate of drug-likeness (QED) is 0.752. The highest BCUT2D eigenvalue weighted by molar-refractivity contribution is 6.07. The number of nitrogens with zero attached hydrogens (tertiary/aromatic N) is 1. The molecule has 0 unspecified atom stereocenters. The van der Waals surface area contributed by atoms with Crippen molar-refractivity contribution in [3.8, 4) is 17.2 Å². The third-order valence-electron chi connectivity index (χ3n) is 4.39. The second-order valence-corrected chi connectivity index (χ2v) is 5.92. The van der Waals surface area contributed by atoms with Crippen LogP contribution in [0.4, 0.5) is 5.69 Å². The first-order valence-corrected chi connectivity index (χ1v) is 8.99. The van der Waals surface area contributed by atoms with Gasteiger partial charge in [-0.3, -0.25) is 9.59 Å². The van der Waals surface area contributed by atoms with Crippen LogP contribution in [0.2, 0.25) is 0 Å². The summed E-state index contributed by atoms with van der Waals surface area (Å²) in [5, 5.41) is 2.80. The Morgan fingerprint density at radius 1 is 0.857 bits per heavy atom. The molecule has 0 aliphatic heterocycles. The number of amides is 2. The normalized spacial score (nSPS) is 10.2. The average molecular weight is 386 g/mol. The van der Waals surface area contributed by atoms with Crippen LogP contribution in [-0.2, 0) is 0 Å². The van der Waals surface area contributed by atoms with Crippen molar-refractivity contribution < 1.29 is 23.8 Å². The average Bonchev–Trinajstić information content (AvgIpc) is 2.73. The Morgan fingerprint density at radius 2 is 1.39 bits per heavy atom. The highest BCUT2D eigenvalue weighted by Gasteiger charge is 2.18. The van der Waals surface area contributed by atoms with Gasteiger partial charge in [0.1, 0.15) is 5.75 Å². The van der Waals surface area contributed by atoms with Gasteiger partial charge in [-0.2, -0.15) is 0 Å². The van der Waals surface area contributed by atoms with E-state index in [9.17, 15) is 9.59 Å². The molecule has 0 saturated heterocycles. The monoisotopic (exact) mass is 386 g/mol. The molecule has 7 nitrogen and oxygen atoms in total. The zero-order chi connectivity index (χ0) is 20.7. The molecule has 0 heterocycles. The zero-order valence-electron chi connectivity index (χ0n) is 16.9. The predicted molar refractivity (Wildman–Crippen MR) is 108 cm³/mol. The molecule has 0 spiro atoms. The number of rotatable bonds is 8. The van der Waals surface area contributed by atoms with Crippen molar-refractivity contribution in [1.29, 1.82) is 0 Å². The molecule has 0 saturated carbocycles. The first-order chi connectivity index (χ1) is 13.5. The molecular weight excluding hydrogens is 360 g/mol. The smallest absolute Gasteiger partial charge is 0.259 e. The summed E-state index contributed by atoms with van der Waals surface area (Å²) in [5.41, 5.74) is 1.45. The minimum atomic E-state index is -0.361. The summed E-state index contributed by atoms with van der Waals surface area (Å²) in [6, 6.07) is 9.94. The lowest BCUT2D eigenvalue weighted by Gasteiger charge is -2.18. The number of hydrogen-bond donors (Lipinski definition) is 1. The lowest BCUT2D eigenvalue weighted by atomic mass is 10.1. The van der Waals surface area contributed by atoms with Crippen LogP contribution >= 0.6 is 0 Å². The third-order valence-corrected chi connectivity index (χ3v) is 4.39. The Balaban J connectivity index is 2.22. The summed E-state index contributed by atoms with van der Waals surface area (Å²) >= 11 is 0. The van der Waals surface area contributed by atoms with Crippen LogP contribution in [0.3, 0.4) is 0 Å². The van der Waals surface area contributed by atoms with E-state index in [4.69, 9.17) is 14.2 Å². The summed E-state index contributed by atoms with van der Waals surface area (Å²) in [4.78, 5) is 26.8. The minimum absolute atomic E-state index is 0.0376. The number of ether oxygens (including phenoxy) is 3. The molecule has 150 valence electrons. The minimum Gasteiger partial charge on any atom is -0.496 e. The maximum Gasteiger partial charge on any atom is 0.259 e. The Morgan fingerprint density at radius 3 is 1.89 bits per heavy atom. The van der Waals surface area contributed by atoms with E-state index in [1.807, 2.05) is 13.8 Å². The highest BCUT2D eigenvalue weighted by atomic mass is 16.5. The van der Waals surface area contributed by atoms with Crippen LogP contribution in [0.1, 0.15) is 34.6 Å². The molecule has 7 heteroatoms. The van der Waals surface area contributed by atoms with Gasteiger partial charge in [0.25, 0.3) is 11.8 Å². The van der Waals surface area contributed by atoms with Crippen LogP contribution in [0.5, 0.6) is 17.2 Å². The van der Waals surface area contributed by atoms with E-state index in [1.165, 1.54) is 21.3 Å². The van der Waals surface area contributed by atoms with Gasteiger partial charge in [-0.25, -0.2) is 0 Å². The van der Waals surface area contributed by atoms with Crippen molar-refractivity contribution in [3.63, 3.8) is 0 Å². The van der Waals surface area contributed by atoms with Crippen molar-refractivity contribution >= 4 is 17.5 Å². The van der Waals surface area contributed by atoms with Crippen LogP contribution in [0, 0.1) is 0 Å². The van der Waals surface area contributed by atoms with E-state index in [2.05, 4.69) is 5.32 Å². The van der Waals surface area contributed by atoms with Crippen molar-refractivity contribution in [1.82, 2.24) is 4.90 Å². The van der Waals surface area contributed by atoms with Gasteiger partial charge in [0.2, 0.25) is 0 Å². The summed E-state index contributed by atoms with van der Waals surface area (Å²) in [5.74, 6) is 0.859. The number of benzene rings is 2. The molecule has 0 aromatic heterocycles. The molecular formula is C21H26N2O5. The highest BCUT2D eigenvalue weighted by Crippen LogP contribution is 2.35. The predicted octanol–water partition coefficient (Wildman–Crippen LogP) is 3.45. The van der Waals surface area contributed by atoms with Crippen LogP contribution in [-0.4, -0.2) is 51.1 Å². The number of carbonyl (C=O) groups is 2. The van der Waals surface area contributed by atoms with E-state index in [1.54, 1.807) is 41.3 Å². The third kappa shape index (κ3) is 4.54. The molecule has 28 heavy (non-hydrogen) atoms. The summed E-state index contributed by atoms with van der Waals surface area (Å²) in [6.45, 7) is 5.17. The Hall–Kier alpha value is -3.22. The largest absolute Gasteiger partial charge is 0.496 e. The van der Waals surface area contributed by atoms with E-state index >= 15 is 0 Å². The number of hydrogen-bond acceptors (Lipinski definition) is 5. The van der Waals surface area contributed by atoms with E-state index in [0.717, 1.165) is 0 Å². The topological polar surface area (TPSA) is 77.1 Å². The lowest BCUT2D eigenvalue weighted by Crippen LogP contribution is -2.30. The first-order valence-electron chi connectivity index (χ1n) is 8.99. The number of methoxy groups -OCH3 is 3. The standard InChI is InChI=1S/C21H26N2O5/c1-6-23(7-2)21(25)14-8-10-15(11-9-14)22-20(24)16-12-18(27-4)19(28-5)13-17(16)26-3/h8-13H,6-7H2,1-5H3,(H,22,24). The summed E-state index contributed by atoms with van der Waals surface area (Å²) < 4.78 is 15.8. The Bertz CT molecular complexity index is 829. The fourth-order valence-corrected chi connectivity index (χ4v) is 2.79. The van der Waals surface area contributed by atoms with Crippen molar-refractivity contribution in [3.05, 3.63) is 47.5 Å². The first kappa shape index (κ1) is 21.1. The molecule has 0 bridgehead atoms. The Kier molecular flexibility index (Phi) is 7.26. The molecule has 0 fully saturated rings. The van der Waals surface area contributed by atoms with Gasteiger partial charge < -0.3 is 24.4 Å². The molecule has 0 atom stereocenters. The van der Waals surface area contributed by atoms with Gasteiger partial charge in [-0.05, 0) is 38.1 Å². The zero-order valence-corrected chi connectivity index (χ0v) is 16.9. The van der Waals surface area contributed by atoms with E-state index < -0.39 is 0 Å². The number of carbonyl (C=O) groups excluding carboxylic acids is 2. The van der Waals surface area contributed by atoms with Gasteiger partial charge >= 0.3 is 0 Å². The number of nitrogens with one attached hydrogen (secondary N) is 1. The van der Waals surface area contributed by atoms with Gasteiger partial charge in [0.05, 0.1) is 26.9 Å². The molecule has 0 aliphatic carbocycles. The molecule has 2 rings (SSSR count). The fourth-order valence-electron chi connectivity index (χ4n) is 2.79. The van der Waals surface area contributed by atoms with Crippen molar-refractivity contribution in [2.24, 2.45) is 0 Å². The van der Waals surface area contributed by atoms with E-state index in [-0.39, 0.29) is 11.8 Å².